The molecule has 5 atom stereocenters. The molecule has 7 N–H and O–H groups in total. The molecule has 1 unspecified atom stereocenters. The molecule has 216 valence electrons. The highest BCUT2D eigenvalue weighted by atomic mass is 32.2. The number of aliphatic hydroxyl groups excluding tert-OH is 4. The van der Waals surface area contributed by atoms with Gasteiger partial charge in [0.2, 0.25) is 5.88 Å². The van der Waals surface area contributed by atoms with Gasteiger partial charge in [-0.15, -0.1) is 16.9 Å². The van der Waals surface area contributed by atoms with Gasteiger partial charge >= 0.3 is 6.03 Å². The first-order chi connectivity index (χ1) is 18.6. The highest BCUT2D eigenvalue weighted by Gasteiger charge is 2.45. The number of nitrogens with zero attached hydrogens (tertiary/aromatic N) is 1. The standard InChI is InChI=1S/C26H38N4O8S/c1-14(2)22-18(24(30-29-22)38-21-10-19(33)23(34)20(11-31)39-21)9-16-4-5-17(8-15(16)3)36-7-6-27-25(35)28-26(12-32)13-37-26/h4-5,8,14,19-21,23,31-34H,6-7,9-13H2,1-3H3,(H,29,30)(H2,27,28,35)/t19-,20-,21-,23+,26?/m1/s1. The predicted molar refractivity (Wildman–Crippen MR) is 144 cm³/mol. The van der Waals surface area contributed by atoms with E-state index in [0.29, 0.717) is 24.7 Å². The van der Waals surface area contributed by atoms with E-state index in [9.17, 15) is 25.2 Å². The molecule has 2 saturated heterocycles. The number of carbonyl (C=O) groups is 1. The smallest absolute Gasteiger partial charge is 0.317 e. The molecule has 0 bridgehead atoms. The van der Waals surface area contributed by atoms with Gasteiger partial charge in [-0.05, 0) is 36.1 Å². The van der Waals surface area contributed by atoms with E-state index in [0.717, 1.165) is 22.4 Å². The zero-order valence-corrected chi connectivity index (χ0v) is 23.2. The van der Waals surface area contributed by atoms with Gasteiger partial charge in [-0.25, -0.2) is 4.79 Å². The van der Waals surface area contributed by atoms with Gasteiger partial charge in [0, 0.05) is 24.1 Å². The van der Waals surface area contributed by atoms with E-state index < -0.39 is 34.6 Å². The van der Waals surface area contributed by atoms with E-state index in [1.54, 1.807) is 0 Å². The summed E-state index contributed by atoms with van der Waals surface area (Å²) in [6, 6.07) is 5.36. The van der Waals surface area contributed by atoms with Crippen molar-refractivity contribution in [2.24, 2.45) is 0 Å². The molecule has 2 fully saturated rings. The fourth-order valence-corrected chi connectivity index (χ4v) is 5.67. The first kappa shape index (κ1) is 29.4. The maximum absolute atomic E-state index is 11.9. The third-order valence-electron chi connectivity index (χ3n) is 6.82. The number of epoxide rings is 1. The van der Waals surface area contributed by atoms with Gasteiger partial charge in [-0.1, -0.05) is 19.9 Å². The Balaban J connectivity index is 1.36. The number of nitrogens with one attached hydrogen (secondary N) is 3. The zero-order valence-electron chi connectivity index (χ0n) is 22.3. The van der Waals surface area contributed by atoms with Gasteiger partial charge in [0.25, 0.3) is 0 Å². The van der Waals surface area contributed by atoms with Crippen molar-refractivity contribution in [3.8, 4) is 11.6 Å². The van der Waals surface area contributed by atoms with Crippen LogP contribution in [0.4, 0.5) is 4.79 Å². The minimum Gasteiger partial charge on any atom is -0.492 e. The summed E-state index contributed by atoms with van der Waals surface area (Å²) >= 11 is 1.29. The van der Waals surface area contributed by atoms with Crippen LogP contribution < -0.4 is 20.1 Å². The average molecular weight is 567 g/mol. The van der Waals surface area contributed by atoms with E-state index in [1.807, 2.05) is 25.1 Å². The molecule has 0 spiro atoms. The van der Waals surface area contributed by atoms with Gasteiger partial charge in [0.1, 0.15) is 24.4 Å². The molecule has 2 aromatic rings. The third-order valence-corrected chi connectivity index (χ3v) is 8.19. The molecule has 2 aliphatic rings. The Kier molecular flexibility index (Phi) is 9.62. The molecule has 4 rings (SSSR count). The summed E-state index contributed by atoms with van der Waals surface area (Å²) < 4.78 is 17.0. The molecule has 2 aliphatic heterocycles. The zero-order chi connectivity index (χ0) is 28.2. The van der Waals surface area contributed by atoms with Gasteiger partial charge in [-0.3, -0.25) is 5.10 Å². The molecular formula is C26H38N4O8S. The lowest BCUT2D eigenvalue weighted by Gasteiger charge is -2.35. The summed E-state index contributed by atoms with van der Waals surface area (Å²) in [5, 5.41) is 51.3. The number of hydrogen-bond acceptors (Lipinski definition) is 10. The number of rotatable bonds is 12. The van der Waals surface area contributed by atoms with Crippen LogP contribution in [0.25, 0.3) is 0 Å². The SMILES string of the molecule is Cc1cc(OCCNC(=O)NC2(CO)CO2)ccc1Cc1c(O[C@H]2C[C@@H](O)[C@H](O)[C@@H](CO)S2)n[nH]c1C(C)C. The van der Waals surface area contributed by atoms with E-state index >= 15 is 0 Å². The van der Waals surface area contributed by atoms with E-state index in [1.165, 1.54) is 11.8 Å². The molecule has 0 saturated carbocycles. The molecule has 1 aromatic carbocycles. The van der Waals surface area contributed by atoms with E-state index in [2.05, 4.69) is 34.7 Å². The number of carbonyl (C=O) groups excluding carboxylic acids is 1. The summed E-state index contributed by atoms with van der Waals surface area (Å²) in [4.78, 5) is 11.9. The number of hydrogen-bond donors (Lipinski definition) is 7. The van der Waals surface area contributed by atoms with Crippen molar-refractivity contribution in [2.75, 3.05) is 33.0 Å². The summed E-state index contributed by atoms with van der Waals surface area (Å²) in [5.41, 5.74) is 2.54. The van der Waals surface area contributed by atoms with Crippen LogP contribution in [0.3, 0.4) is 0 Å². The molecule has 0 aliphatic carbocycles. The highest BCUT2D eigenvalue weighted by molar-refractivity contribution is 8.00. The summed E-state index contributed by atoms with van der Waals surface area (Å²) in [5.74, 6) is 1.29. The number of thioether (sulfide) groups is 1. The van der Waals surface area contributed by atoms with E-state index in [-0.39, 0.29) is 38.7 Å². The number of amides is 2. The van der Waals surface area contributed by atoms with Crippen molar-refractivity contribution < 1.29 is 39.4 Å². The van der Waals surface area contributed by atoms with Gasteiger partial charge in [-0.2, -0.15) is 0 Å². The van der Waals surface area contributed by atoms with Crippen LogP contribution >= 0.6 is 11.8 Å². The third kappa shape index (κ3) is 7.35. The number of H-pyrrole nitrogens is 1. The Hall–Kier alpha value is -2.55. The Morgan fingerprint density at radius 3 is 2.74 bits per heavy atom. The monoisotopic (exact) mass is 566 g/mol. The molecule has 3 heterocycles. The van der Waals surface area contributed by atoms with Crippen molar-refractivity contribution in [1.82, 2.24) is 20.8 Å². The van der Waals surface area contributed by atoms with Crippen LogP contribution in [0.1, 0.15) is 48.6 Å². The fourth-order valence-electron chi connectivity index (χ4n) is 4.40. The lowest BCUT2D eigenvalue weighted by Crippen LogP contribution is -2.47. The van der Waals surface area contributed by atoms with Gasteiger partial charge in [0.15, 0.2) is 5.72 Å². The molecule has 2 amide bonds. The van der Waals surface area contributed by atoms with Crippen molar-refractivity contribution >= 4 is 17.8 Å². The Labute approximate surface area is 231 Å². The fraction of sp³-hybridized carbons (Fsp3) is 0.615. The summed E-state index contributed by atoms with van der Waals surface area (Å²) in [6.45, 7) is 6.44. The van der Waals surface area contributed by atoms with Crippen LogP contribution in [0.5, 0.6) is 11.6 Å². The molecule has 1 aromatic heterocycles. The predicted octanol–water partition coefficient (Wildman–Crippen LogP) is 0.754. The number of aryl methyl sites for hydroxylation is 1. The molecule has 39 heavy (non-hydrogen) atoms. The van der Waals surface area contributed by atoms with Gasteiger partial charge in [0.05, 0.1) is 37.2 Å². The molecule has 0 radical (unpaired) electrons. The quantitative estimate of drug-likeness (QED) is 0.143. The van der Waals surface area contributed by atoms with Gasteiger partial charge < -0.3 is 45.3 Å². The summed E-state index contributed by atoms with van der Waals surface area (Å²) in [7, 11) is 0. The molecule has 13 heteroatoms. The topological polar surface area (TPSA) is 182 Å². The number of aliphatic hydroxyl groups is 4. The van der Waals surface area contributed by atoms with E-state index in [4.69, 9.17) is 14.2 Å². The van der Waals surface area contributed by atoms with Crippen molar-refractivity contribution in [1.29, 1.82) is 0 Å². The number of benzene rings is 1. The minimum absolute atomic E-state index is 0.174. The maximum Gasteiger partial charge on any atom is 0.317 e. The second-order valence-corrected chi connectivity index (χ2v) is 11.6. The second-order valence-electron chi connectivity index (χ2n) is 10.2. The molecular weight excluding hydrogens is 528 g/mol. The molecule has 12 nitrogen and oxygen atoms in total. The second kappa shape index (κ2) is 12.7. The number of ether oxygens (including phenoxy) is 3. The Morgan fingerprint density at radius 2 is 2.10 bits per heavy atom. The Morgan fingerprint density at radius 1 is 1.33 bits per heavy atom. The van der Waals surface area contributed by atoms with Crippen LogP contribution in [-0.4, -0.2) is 98.2 Å². The first-order valence-corrected chi connectivity index (χ1v) is 14.0. The lowest BCUT2D eigenvalue weighted by molar-refractivity contribution is -0.0129. The number of aromatic nitrogens is 2. The highest BCUT2D eigenvalue weighted by Crippen LogP contribution is 2.36. The maximum atomic E-state index is 11.9. The van der Waals surface area contributed by atoms with Crippen molar-refractivity contribution in [3.63, 3.8) is 0 Å². The Bertz CT molecular complexity index is 1130. The largest absolute Gasteiger partial charge is 0.492 e. The van der Waals surface area contributed by atoms with Crippen LogP contribution in [-0.2, 0) is 11.2 Å². The average Bonchev–Trinajstić information content (AvgIpc) is 3.56. The summed E-state index contributed by atoms with van der Waals surface area (Å²) in [6.07, 6.45) is -1.20. The van der Waals surface area contributed by atoms with Crippen LogP contribution in [0.2, 0.25) is 0 Å². The normalized spacial score (nSPS) is 26.4. The van der Waals surface area contributed by atoms with Crippen LogP contribution in [0, 0.1) is 6.92 Å². The van der Waals surface area contributed by atoms with Crippen LogP contribution in [0.15, 0.2) is 18.2 Å². The number of aromatic amines is 1. The minimum atomic E-state index is -1.00. The lowest BCUT2D eigenvalue weighted by atomic mass is 9.97. The van der Waals surface area contributed by atoms with Crippen molar-refractivity contribution in [3.05, 3.63) is 40.6 Å². The first-order valence-electron chi connectivity index (χ1n) is 13.0. The number of urea groups is 1. The van der Waals surface area contributed by atoms with Crippen molar-refractivity contribution in [2.45, 2.75) is 68.1 Å².